The van der Waals surface area contributed by atoms with Crippen molar-refractivity contribution in [3.63, 3.8) is 0 Å². The van der Waals surface area contributed by atoms with E-state index in [0.29, 0.717) is 11.1 Å². The van der Waals surface area contributed by atoms with E-state index in [-0.39, 0.29) is 25.0 Å². The molecular weight excluding hydrogens is 566 g/mol. The Hall–Kier alpha value is -5.20. The van der Waals surface area contributed by atoms with Crippen LogP contribution in [0.15, 0.2) is 85.1 Å². The number of nitrogens with two attached hydrogens (primary N) is 1. The van der Waals surface area contributed by atoms with Crippen LogP contribution < -0.4 is 21.7 Å². The van der Waals surface area contributed by atoms with E-state index in [4.69, 9.17) is 5.73 Å². The van der Waals surface area contributed by atoms with Crippen LogP contribution in [-0.2, 0) is 38.4 Å². The number of hydrogen-bond donors (Lipinski definition) is 8. The molecule has 44 heavy (non-hydrogen) atoms. The topological polar surface area (TPSA) is 207 Å². The number of carbonyl (C=O) groups excluding carboxylic acids is 3. The van der Waals surface area contributed by atoms with Crippen molar-refractivity contribution in [1.82, 2.24) is 20.9 Å². The number of aliphatic carboxylic acids is 1. The van der Waals surface area contributed by atoms with Crippen LogP contribution >= 0.6 is 0 Å². The van der Waals surface area contributed by atoms with Crippen LogP contribution in [0.3, 0.4) is 0 Å². The van der Waals surface area contributed by atoms with E-state index < -0.39 is 54.5 Å². The summed E-state index contributed by atoms with van der Waals surface area (Å²) in [6.45, 7) is -0.768. The lowest BCUT2D eigenvalue weighted by Crippen LogP contribution is -2.58. The first kappa shape index (κ1) is 31.7. The van der Waals surface area contributed by atoms with E-state index >= 15 is 0 Å². The molecule has 0 fully saturated rings. The lowest BCUT2D eigenvalue weighted by molar-refractivity contribution is -0.142. The molecule has 0 aliphatic carbocycles. The molecule has 1 aromatic heterocycles. The number of phenols is 1. The smallest absolute Gasteiger partial charge is 0.326 e. The van der Waals surface area contributed by atoms with Crippen molar-refractivity contribution < 1.29 is 34.5 Å². The van der Waals surface area contributed by atoms with Gasteiger partial charge in [-0.15, -0.1) is 0 Å². The van der Waals surface area contributed by atoms with Gasteiger partial charge in [-0.1, -0.05) is 60.7 Å². The van der Waals surface area contributed by atoms with Crippen molar-refractivity contribution in [2.24, 2.45) is 5.73 Å². The molecule has 4 rings (SSSR count). The summed E-state index contributed by atoms with van der Waals surface area (Å²) in [5, 5.41) is 37.6. The molecule has 0 saturated heterocycles. The average Bonchev–Trinajstić information content (AvgIpc) is 3.42. The number of carbonyl (C=O) groups is 4. The van der Waals surface area contributed by atoms with Gasteiger partial charge < -0.3 is 42.0 Å². The number of aromatic hydroxyl groups is 1. The second kappa shape index (κ2) is 14.8. The predicted octanol–water partition coefficient (Wildman–Crippen LogP) is 0.760. The second-order valence-electron chi connectivity index (χ2n) is 10.4. The van der Waals surface area contributed by atoms with Crippen molar-refractivity contribution in [2.45, 2.75) is 43.4 Å². The highest BCUT2D eigenvalue weighted by Crippen LogP contribution is 2.19. The highest BCUT2D eigenvalue weighted by molar-refractivity contribution is 5.94. The minimum Gasteiger partial charge on any atom is -0.508 e. The molecule has 9 N–H and O–H groups in total. The van der Waals surface area contributed by atoms with Crippen molar-refractivity contribution >= 4 is 34.6 Å². The molecule has 1 heterocycles. The fraction of sp³-hybridized carbons (Fsp3) is 0.250. The number of phenolic OH excluding ortho intramolecular Hbond substituents is 1. The fourth-order valence-corrected chi connectivity index (χ4v) is 4.77. The number of amides is 3. The first-order chi connectivity index (χ1) is 21.1. The largest absolute Gasteiger partial charge is 0.508 e. The molecule has 12 nitrogen and oxygen atoms in total. The van der Waals surface area contributed by atoms with E-state index in [1.54, 1.807) is 48.7 Å². The van der Waals surface area contributed by atoms with Crippen LogP contribution in [0.1, 0.15) is 16.7 Å². The van der Waals surface area contributed by atoms with Gasteiger partial charge >= 0.3 is 5.97 Å². The molecule has 3 amide bonds. The van der Waals surface area contributed by atoms with E-state index in [0.717, 1.165) is 16.5 Å². The number of aliphatic hydroxyl groups is 1. The maximum atomic E-state index is 13.4. The molecule has 0 radical (unpaired) electrons. The Balaban J connectivity index is 1.44. The van der Waals surface area contributed by atoms with Crippen LogP contribution in [0.2, 0.25) is 0 Å². The number of para-hydroxylation sites is 1. The normalized spacial score (nSPS) is 13.8. The molecule has 0 aliphatic heterocycles. The summed E-state index contributed by atoms with van der Waals surface area (Å²) in [4.78, 5) is 54.6. The number of aliphatic hydroxyl groups excluding tert-OH is 1. The zero-order valence-corrected chi connectivity index (χ0v) is 23.8. The number of carboxylic acids is 1. The Kier molecular flexibility index (Phi) is 10.7. The number of fused-ring (bicyclic) bond motifs is 1. The third kappa shape index (κ3) is 8.43. The van der Waals surface area contributed by atoms with Gasteiger partial charge in [0.15, 0.2) is 0 Å². The van der Waals surface area contributed by atoms with Gasteiger partial charge in [0.25, 0.3) is 0 Å². The lowest BCUT2D eigenvalue weighted by atomic mass is 10.0. The van der Waals surface area contributed by atoms with E-state index in [9.17, 15) is 34.5 Å². The molecule has 0 saturated carbocycles. The number of aromatic amines is 1. The highest BCUT2D eigenvalue weighted by atomic mass is 16.4. The summed E-state index contributed by atoms with van der Waals surface area (Å²) in [5.74, 6) is -3.57. The van der Waals surface area contributed by atoms with E-state index in [1.807, 2.05) is 24.3 Å². The fourth-order valence-electron chi connectivity index (χ4n) is 4.77. The Morgan fingerprint density at radius 2 is 1.27 bits per heavy atom. The van der Waals surface area contributed by atoms with Gasteiger partial charge in [-0.2, -0.15) is 0 Å². The van der Waals surface area contributed by atoms with Crippen LogP contribution in [-0.4, -0.2) is 74.8 Å². The molecule has 0 aliphatic rings. The standard InChI is InChI=1S/C32H35N5O7/c33-24(16-21-17-34-25-9-5-4-8-23(21)25)29(40)37-28(18-38)31(42)35-26(14-19-6-2-1-3-7-19)30(41)36-27(32(43)44)15-20-10-12-22(39)13-11-20/h1-13,17,24,26-28,34,38-39H,14-16,18,33H2,(H,35,42)(H,36,41)(H,37,40)(H,43,44). The van der Waals surface area contributed by atoms with Crippen LogP contribution in [0.4, 0.5) is 0 Å². The maximum absolute atomic E-state index is 13.4. The molecule has 230 valence electrons. The monoisotopic (exact) mass is 601 g/mol. The minimum absolute atomic E-state index is 0.0101. The Morgan fingerprint density at radius 1 is 0.705 bits per heavy atom. The SMILES string of the molecule is NC(Cc1c[nH]c2ccccc12)C(=O)NC(CO)C(=O)NC(Cc1ccccc1)C(=O)NC(Cc1ccc(O)cc1)C(=O)O. The van der Waals surface area contributed by atoms with Crippen molar-refractivity contribution in [2.75, 3.05) is 6.61 Å². The number of carboxylic acid groups (broad SMARTS) is 1. The number of benzene rings is 3. The summed E-state index contributed by atoms with van der Waals surface area (Å²) in [6.07, 6.45) is 1.87. The Morgan fingerprint density at radius 3 is 1.95 bits per heavy atom. The third-order valence-corrected chi connectivity index (χ3v) is 7.17. The van der Waals surface area contributed by atoms with Crippen molar-refractivity contribution in [3.05, 3.63) is 102 Å². The molecule has 3 aromatic carbocycles. The van der Waals surface area contributed by atoms with Crippen LogP contribution in [0.25, 0.3) is 10.9 Å². The summed E-state index contributed by atoms with van der Waals surface area (Å²) in [7, 11) is 0. The highest BCUT2D eigenvalue weighted by Gasteiger charge is 2.30. The van der Waals surface area contributed by atoms with E-state index in [2.05, 4.69) is 20.9 Å². The minimum atomic E-state index is -1.42. The molecule has 0 bridgehead atoms. The lowest BCUT2D eigenvalue weighted by Gasteiger charge is -2.24. The average molecular weight is 602 g/mol. The summed E-state index contributed by atoms with van der Waals surface area (Å²) < 4.78 is 0. The molecule has 4 atom stereocenters. The number of H-pyrrole nitrogens is 1. The molecule has 4 unspecified atom stereocenters. The third-order valence-electron chi connectivity index (χ3n) is 7.17. The van der Waals surface area contributed by atoms with Gasteiger partial charge in [-0.25, -0.2) is 4.79 Å². The summed E-state index contributed by atoms with van der Waals surface area (Å²) in [5.41, 5.74) is 9.08. The van der Waals surface area contributed by atoms with E-state index in [1.165, 1.54) is 12.1 Å². The molecular formula is C32H35N5O7. The van der Waals surface area contributed by atoms with Gasteiger partial charge in [0, 0.05) is 29.9 Å². The van der Waals surface area contributed by atoms with Gasteiger partial charge in [-0.3, -0.25) is 14.4 Å². The summed E-state index contributed by atoms with van der Waals surface area (Å²) >= 11 is 0. The number of hydrogen-bond acceptors (Lipinski definition) is 7. The molecule has 4 aromatic rings. The van der Waals surface area contributed by atoms with Crippen molar-refractivity contribution in [3.8, 4) is 5.75 Å². The second-order valence-corrected chi connectivity index (χ2v) is 10.4. The predicted molar refractivity (Wildman–Crippen MR) is 162 cm³/mol. The summed E-state index contributed by atoms with van der Waals surface area (Å²) in [6, 6.07) is 17.2. The zero-order valence-electron chi connectivity index (χ0n) is 23.8. The van der Waals surface area contributed by atoms with Gasteiger partial charge in [0.05, 0.1) is 12.6 Å². The molecule has 0 spiro atoms. The van der Waals surface area contributed by atoms with Gasteiger partial charge in [0.1, 0.15) is 23.9 Å². The Labute approximate surface area is 253 Å². The maximum Gasteiger partial charge on any atom is 0.326 e. The van der Waals surface area contributed by atoms with Crippen molar-refractivity contribution in [1.29, 1.82) is 0 Å². The van der Waals surface area contributed by atoms with Gasteiger partial charge in [0.2, 0.25) is 17.7 Å². The first-order valence-corrected chi connectivity index (χ1v) is 14.0. The number of nitrogens with one attached hydrogen (secondary N) is 4. The van der Waals surface area contributed by atoms with Crippen LogP contribution in [0, 0.1) is 0 Å². The quantitative estimate of drug-likeness (QED) is 0.103. The first-order valence-electron chi connectivity index (χ1n) is 14.0. The number of rotatable bonds is 14. The van der Waals surface area contributed by atoms with Crippen LogP contribution in [0.5, 0.6) is 5.75 Å². The van der Waals surface area contributed by atoms with Gasteiger partial charge in [-0.05, 0) is 41.3 Å². The zero-order chi connectivity index (χ0) is 31.6. The Bertz CT molecular complexity index is 1590. The number of aromatic nitrogens is 1. The molecule has 12 heteroatoms.